The lowest BCUT2D eigenvalue weighted by Crippen LogP contribution is -2.40. The summed E-state index contributed by atoms with van der Waals surface area (Å²) in [6.07, 6.45) is 4.58. The van der Waals surface area contributed by atoms with Crippen LogP contribution in [0.4, 0.5) is 0 Å². The van der Waals surface area contributed by atoms with E-state index in [1.165, 1.54) is 16.3 Å². The van der Waals surface area contributed by atoms with Crippen LogP contribution < -0.4 is 0 Å². The lowest BCUT2D eigenvalue weighted by molar-refractivity contribution is -0.131. The standard InChI is InChI=1S/C23H24N2O/c1-17-8-10-18(11-9-17)13-23(26)25-12-4-7-21(16-25)22-14-19-5-2-3-6-20(19)15-24-22/h2-3,5-6,8-11,14-15,21H,4,7,12-13,16H2,1H3. The highest BCUT2D eigenvalue weighted by molar-refractivity contribution is 5.82. The summed E-state index contributed by atoms with van der Waals surface area (Å²) in [5.74, 6) is 0.551. The third kappa shape index (κ3) is 3.62. The Bertz CT molecular complexity index is 917. The number of aromatic nitrogens is 1. The molecule has 26 heavy (non-hydrogen) atoms. The van der Waals surface area contributed by atoms with Crippen LogP contribution in [0.15, 0.2) is 60.8 Å². The zero-order valence-electron chi connectivity index (χ0n) is 15.2. The van der Waals surface area contributed by atoms with E-state index in [1.54, 1.807) is 0 Å². The number of amides is 1. The Kier molecular flexibility index (Phi) is 4.70. The molecule has 1 aliphatic heterocycles. The summed E-state index contributed by atoms with van der Waals surface area (Å²) in [4.78, 5) is 19.4. The van der Waals surface area contributed by atoms with Crippen molar-refractivity contribution in [2.45, 2.75) is 32.1 Å². The number of carbonyl (C=O) groups excluding carboxylic acids is 1. The van der Waals surface area contributed by atoms with Gasteiger partial charge in [0.1, 0.15) is 0 Å². The van der Waals surface area contributed by atoms with Gasteiger partial charge in [-0.25, -0.2) is 0 Å². The van der Waals surface area contributed by atoms with Gasteiger partial charge in [0.05, 0.1) is 6.42 Å². The number of benzene rings is 2. The summed E-state index contributed by atoms with van der Waals surface area (Å²) in [5, 5.41) is 2.39. The van der Waals surface area contributed by atoms with Gasteiger partial charge in [-0.15, -0.1) is 0 Å². The van der Waals surface area contributed by atoms with Crippen molar-refractivity contribution in [2.24, 2.45) is 0 Å². The number of pyridine rings is 1. The first-order valence-electron chi connectivity index (χ1n) is 9.37. The molecule has 1 unspecified atom stereocenters. The number of aryl methyl sites for hydroxylation is 1. The van der Waals surface area contributed by atoms with Gasteiger partial charge in [0.15, 0.2) is 0 Å². The maximum absolute atomic E-state index is 12.7. The summed E-state index contributed by atoms with van der Waals surface area (Å²) >= 11 is 0. The number of fused-ring (bicyclic) bond motifs is 1. The SMILES string of the molecule is Cc1ccc(CC(=O)N2CCCC(c3cc4ccccc4cn3)C2)cc1. The Hall–Kier alpha value is -2.68. The molecule has 4 rings (SSSR count). The molecule has 1 aliphatic rings. The van der Waals surface area contributed by atoms with Gasteiger partial charge < -0.3 is 4.90 Å². The number of rotatable bonds is 3. The Balaban J connectivity index is 1.47. The predicted molar refractivity (Wildman–Crippen MR) is 105 cm³/mol. The second-order valence-electron chi connectivity index (χ2n) is 7.30. The summed E-state index contributed by atoms with van der Waals surface area (Å²) in [7, 11) is 0. The first kappa shape index (κ1) is 16.8. The first-order valence-corrected chi connectivity index (χ1v) is 9.37. The van der Waals surface area contributed by atoms with Gasteiger partial charge >= 0.3 is 0 Å². The number of likely N-dealkylation sites (tertiary alicyclic amines) is 1. The van der Waals surface area contributed by atoms with Crippen molar-refractivity contribution in [3.05, 3.63) is 77.6 Å². The highest BCUT2D eigenvalue weighted by Gasteiger charge is 2.25. The highest BCUT2D eigenvalue weighted by atomic mass is 16.2. The fourth-order valence-corrected chi connectivity index (χ4v) is 3.76. The van der Waals surface area contributed by atoms with Crippen LogP contribution >= 0.6 is 0 Å². The van der Waals surface area contributed by atoms with E-state index >= 15 is 0 Å². The predicted octanol–water partition coefficient (Wildman–Crippen LogP) is 4.49. The van der Waals surface area contributed by atoms with Crippen molar-refractivity contribution in [3.63, 3.8) is 0 Å². The quantitative estimate of drug-likeness (QED) is 0.701. The maximum atomic E-state index is 12.7. The van der Waals surface area contributed by atoms with E-state index < -0.39 is 0 Å². The van der Waals surface area contributed by atoms with E-state index in [-0.39, 0.29) is 5.91 Å². The molecular weight excluding hydrogens is 320 g/mol. The molecule has 2 aromatic carbocycles. The Morgan fingerprint density at radius 3 is 2.69 bits per heavy atom. The lowest BCUT2D eigenvalue weighted by atomic mass is 9.93. The molecule has 0 radical (unpaired) electrons. The van der Waals surface area contributed by atoms with Gasteiger partial charge in [0.2, 0.25) is 5.91 Å². The molecule has 1 atom stereocenters. The van der Waals surface area contributed by atoms with E-state index in [1.807, 2.05) is 17.2 Å². The zero-order valence-corrected chi connectivity index (χ0v) is 15.2. The van der Waals surface area contributed by atoms with Gasteiger partial charge in [-0.2, -0.15) is 0 Å². The monoisotopic (exact) mass is 344 g/mol. The van der Waals surface area contributed by atoms with Gasteiger partial charge in [-0.1, -0.05) is 54.1 Å². The molecule has 3 aromatic rings. The Morgan fingerprint density at radius 2 is 1.88 bits per heavy atom. The molecule has 0 aliphatic carbocycles. The third-order valence-corrected chi connectivity index (χ3v) is 5.32. The lowest BCUT2D eigenvalue weighted by Gasteiger charge is -2.32. The van der Waals surface area contributed by atoms with E-state index in [9.17, 15) is 4.79 Å². The molecule has 3 heteroatoms. The molecule has 1 amide bonds. The van der Waals surface area contributed by atoms with Crippen molar-refractivity contribution < 1.29 is 4.79 Å². The fraction of sp³-hybridized carbons (Fsp3) is 0.304. The van der Waals surface area contributed by atoms with Crippen LogP contribution in [0, 0.1) is 6.92 Å². The van der Waals surface area contributed by atoms with Crippen molar-refractivity contribution in [1.82, 2.24) is 9.88 Å². The molecule has 1 fully saturated rings. The second kappa shape index (κ2) is 7.28. The van der Waals surface area contributed by atoms with Crippen LogP contribution in [0.2, 0.25) is 0 Å². The number of piperidine rings is 1. The fourth-order valence-electron chi connectivity index (χ4n) is 3.76. The third-order valence-electron chi connectivity index (χ3n) is 5.32. The highest BCUT2D eigenvalue weighted by Crippen LogP contribution is 2.28. The van der Waals surface area contributed by atoms with Gasteiger partial charge in [0.25, 0.3) is 0 Å². The van der Waals surface area contributed by atoms with Crippen molar-refractivity contribution in [2.75, 3.05) is 13.1 Å². The average molecular weight is 344 g/mol. The van der Waals surface area contributed by atoms with Crippen molar-refractivity contribution in [3.8, 4) is 0 Å². The first-order chi connectivity index (χ1) is 12.7. The van der Waals surface area contributed by atoms with E-state index in [4.69, 9.17) is 0 Å². The van der Waals surface area contributed by atoms with E-state index in [0.29, 0.717) is 12.3 Å². The summed E-state index contributed by atoms with van der Waals surface area (Å²) in [5.41, 5.74) is 3.42. The smallest absolute Gasteiger partial charge is 0.227 e. The number of nitrogens with zero attached hydrogens (tertiary/aromatic N) is 2. The van der Waals surface area contributed by atoms with E-state index in [2.05, 4.69) is 60.4 Å². The van der Waals surface area contributed by atoms with E-state index in [0.717, 1.165) is 37.2 Å². The van der Waals surface area contributed by atoms with Crippen molar-refractivity contribution >= 4 is 16.7 Å². The maximum Gasteiger partial charge on any atom is 0.227 e. The number of hydrogen-bond acceptors (Lipinski definition) is 2. The molecule has 3 nitrogen and oxygen atoms in total. The molecule has 132 valence electrons. The van der Waals surface area contributed by atoms with Crippen LogP contribution in [0.1, 0.15) is 35.6 Å². The molecule has 0 saturated carbocycles. The Labute approximate surface area is 154 Å². The van der Waals surface area contributed by atoms with Crippen molar-refractivity contribution in [1.29, 1.82) is 0 Å². The van der Waals surface area contributed by atoms with Gasteiger partial charge in [0, 0.05) is 36.3 Å². The minimum absolute atomic E-state index is 0.222. The van der Waals surface area contributed by atoms with Gasteiger partial charge in [-0.3, -0.25) is 9.78 Å². The molecule has 1 saturated heterocycles. The second-order valence-corrected chi connectivity index (χ2v) is 7.30. The normalized spacial score (nSPS) is 17.4. The molecule has 0 spiro atoms. The largest absolute Gasteiger partial charge is 0.342 e. The van der Waals surface area contributed by atoms with Crippen LogP contribution in [0.5, 0.6) is 0 Å². The van der Waals surface area contributed by atoms with Crippen LogP contribution in [-0.2, 0) is 11.2 Å². The molecule has 0 N–H and O–H groups in total. The summed E-state index contributed by atoms with van der Waals surface area (Å²) < 4.78 is 0. The van der Waals surface area contributed by atoms with Gasteiger partial charge in [-0.05, 0) is 36.8 Å². The van der Waals surface area contributed by atoms with Crippen LogP contribution in [0.25, 0.3) is 10.8 Å². The molecular formula is C23H24N2O. The molecule has 0 bridgehead atoms. The average Bonchev–Trinajstić information content (AvgIpc) is 2.69. The molecule has 2 heterocycles. The Morgan fingerprint density at radius 1 is 1.12 bits per heavy atom. The summed E-state index contributed by atoms with van der Waals surface area (Å²) in [6, 6.07) is 18.8. The number of hydrogen-bond donors (Lipinski definition) is 0. The molecule has 1 aromatic heterocycles. The minimum atomic E-state index is 0.222. The summed E-state index contributed by atoms with van der Waals surface area (Å²) in [6.45, 7) is 3.70. The van der Waals surface area contributed by atoms with Crippen LogP contribution in [0.3, 0.4) is 0 Å². The minimum Gasteiger partial charge on any atom is -0.342 e. The topological polar surface area (TPSA) is 33.2 Å². The zero-order chi connectivity index (χ0) is 17.9. The number of carbonyl (C=O) groups is 1. The van der Waals surface area contributed by atoms with Crippen LogP contribution in [-0.4, -0.2) is 28.9 Å².